The number of rotatable bonds is 6. The molecule has 0 fully saturated rings. The van der Waals surface area contributed by atoms with Gasteiger partial charge in [-0.05, 0) is 24.5 Å². The molecule has 0 amide bonds. The SMILES string of the molecule is O=[N+]([O-])c1cc2c(cc1OCCCCCl)CN=C2. The summed E-state index contributed by atoms with van der Waals surface area (Å²) < 4.78 is 5.47. The molecule has 0 bridgehead atoms. The van der Waals surface area contributed by atoms with Gasteiger partial charge in [0.05, 0.1) is 18.1 Å². The van der Waals surface area contributed by atoms with Crippen LogP contribution in [0, 0.1) is 10.1 Å². The van der Waals surface area contributed by atoms with Crippen LogP contribution in [0.4, 0.5) is 5.69 Å². The smallest absolute Gasteiger partial charge is 0.311 e. The van der Waals surface area contributed by atoms with Crippen LogP contribution in [0.25, 0.3) is 0 Å². The topological polar surface area (TPSA) is 64.7 Å². The number of ether oxygens (including phenoxy) is 1. The van der Waals surface area contributed by atoms with Gasteiger partial charge in [-0.25, -0.2) is 0 Å². The molecule has 0 saturated carbocycles. The molecule has 0 N–H and O–H groups in total. The number of nitro groups is 1. The molecular formula is C12H13ClN2O3. The Kier molecular flexibility index (Phi) is 4.15. The first-order chi connectivity index (χ1) is 8.72. The van der Waals surface area contributed by atoms with Gasteiger partial charge in [0.2, 0.25) is 0 Å². The molecule has 0 unspecified atom stereocenters. The van der Waals surface area contributed by atoms with E-state index in [1.165, 1.54) is 6.07 Å². The monoisotopic (exact) mass is 268 g/mol. The lowest BCUT2D eigenvalue weighted by Gasteiger charge is -2.08. The molecule has 0 aromatic heterocycles. The van der Waals surface area contributed by atoms with E-state index in [9.17, 15) is 10.1 Å². The van der Waals surface area contributed by atoms with Gasteiger partial charge in [0.15, 0.2) is 5.75 Å². The Balaban J connectivity index is 2.15. The second kappa shape index (κ2) is 5.82. The quantitative estimate of drug-likeness (QED) is 0.345. The van der Waals surface area contributed by atoms with Gasteiger partial charge >= 0.3 is 5.69 Å². The molecule has 6 heteroatoms. The van der Waals surface area contributed by atoms with Crippen molar-refractivity contribution in [1.82, 2.24) is 0 Å². The van der Waals surface area contributed by atoms with E-state index < -0.39 is 4.92 Å². The summed E-state index contributed by atoms with van der Waals surface area (Å²) in [5, 5.41) is 11.0. The van der Waals surface area contributed by atoms with E-state index in [2.05, 4.69) is 4.99 Å². The molecule has 1 aromatic carbocycles. The molecule has 0 spiro atoms. The van der Waals surface area contributed by atoms with Crippen LogP contribution in [0.15, 0.2) is 17.1 Å². The van der Waals surface area contributed by atoms with Crippen molar-refractivity contribution in [3.8, 4) is 5.75 Å². The van der Waals surface area contributed by atoms with Crippen molar-refractivity contribution >= 4 is 23.5 Å². The number of benzene rings is 1. The maximum Gasteiger partial charge on any atom is 0.311 e. The van der Waals surface area contributed by atoms with E-state index in [1.807, 2.05) is 0 Å². The molecule has 1 aromatic rings. The third-order valence-electron chi connectivity index (χ3n) is 2.70. The largest absolute Gasteiger partial charge is 0.487 e. The van der Waals surface area contributed by atoms with E-state index in [1.54, 1.807) is 12.3 Å². The average molecular weight is 269 g/mol. The fourth-order valence-electron chi connectivity index (χ4n) is 1.76. The van der Waals surface area contributed by atoms with E-state index >= 15 is 0 Å². The zero-order chi connectivity index (χ0) is 13.0. The maximum atomic E-state index is 11.0. The van der Waals surface area contributed by atoms with Crippen LogP contribution in [0.2, 0.25) is 0 Å². The molecule has 1 heterocycles. The summed E-state index contributed by atoms with van der Waals surface area (Å²) in [5.41, 5.74) is 1.76. The predicted molar refractivity (Wildman–Crippen MR) is 69.8 cm³/mol. The molecule has 5 nitrogen and oxygen atoms in total. The van der Waals surface area contributed by atoms with Gasteiger partial charge in [0.1, 0.15) is 0 Å². The summed E-state index contributed by atoms with van der Waals surface area (Å²) in [6.07, 6.45) is 3.28. The molecule has 0 aliphatic carbocycles. The summed E-state index contributed by atoms with van der Waals surface area (Å²) in [6, 6.07) is 3.23. The molecule has 0 saturated heterocycles. The standard InChI is InChI=1S/C12H13ClN2O3/c13-3-1-2-4-18-12-6-10-8-14-7-9(10)5-11(12)15(16)17/h5-7H,1-4,8H2. The average Bonchev–Trinajstić information content (AvgIpc) is 2.80. The number of unbranched alkanes of at least 4 members (excludes halogenated alkanes) is 1. The van der Waals surface area contributed by atoms with Gasteiger partial charge in [0.25, 0.3) is 0 Å². The number of alkyl halides is 1. The Hall–Kier alpha value is -1.62. The Labute approximate surface area is 110 Å². The minimum Gasteiger partial charge on any atom is -0.487 e. The molecule has 0 atom stereocenters. The van der Waals surface area contributed by atoms with Gasteiger partial charge in [-0.3, -0.25) is 15.1 Å². The third kappa shape index (κ3) is 2.79. The summed E-state index contributed by atoms with van der Waals surface area (Å²) in [4.78, 5) is 14.6. The van der Waals surface area contributed by atoms with Gasteiger partial charge in [0, 0.05) is 23.7 Å². The number of aliphatic imine (C=N–C) groups is 1. The highest BCUT2D eigenvalue weighted by atomic mass is 35.5. The first-order valence-electron chi connectivity index (χ1n) is 5.72. The normalized spacial score (nSPS) is 12.5. The number of halogens is 1. The minimum atomic E-state index is -0.427. The summed E-state index contributed by atoms with van der Waals surface area (Å²) >= 11 is 5.56. The van der Waals surface area contributed by atoms with Gasteiger partial charge in [-0.2, -0.15) is 0 Å². The highest BCUT2D eigenvalue weighted by molar-refractivity contribution is 6.17. The van der Waals surface area contributed by atoms with Gasteiger partial charge < -0.3 is 4.74 Å². The fraction of sp³-hybridized carbons (Fsp3) is 0.417. The number of hydrogen-bond acceptors (Lipinski definition) is 4. The Morgan fingerprint density at radius 2 is 2.28 bits per heavy atom. The van der Waals surface area contributed by atoms with Crippen molar-refractivity contribution in [2.75, 3.05) is 12.5 Å². The maximum absolute atomic E-state index is 11.0. The van der Waals surface area contributed by atoms with Gasteiger partial charge in [-0.15, -0.1) is 11.6 Å². The van der Waals surface area contributed by atoms with Crippen LogP contribution in [0.1, 0.15) is 24.0 Å². The van der Waals surface area contributed by atoms with Crippen molar-refractivity contribution in [2.45, 2.75) is 19.4 Å². The van der Waals surface area contributed by atoms with E-state index in [0.717, 1.165) is 24.0 Å². The summed E-state index contributed by atoms with van der Waals surface area (Å²) in [6.45, 7) is 0.999. The zero-order valence-electron chi connectivity index (χ0n) is 9.76. The molecule has 2 rings (SSSR count). The van der Waals surface area contributed by atoms with Crippen LogP contribution in [-0.4, -0.2) is 23.6 Å². The predicted octanol–water partition coefficient (Wildman–Crippen LogP) is 2.93. The van der Waals surface area contributed by atoms with Gasteiger partial charge in [-0.1, -0.05) is 0 Å². The van der Waals surface area contributed by atoms with Crippen LogP contribution in [0.5, 0.6) is 5.75 Å². The lowest BCUT2D eigenvalue weighted by molar-refractivity contribution is -0.385. The molecule has 1 aliphatic heterocycles. The zero-order valence-corrected chi connectivity index (χ0v) is 10.5. The molecule has 0 radical (unpaired) electrons. The number of hydrogen-bond donors (Lipinski definition) is 0. The Morgan fingerprint density at radius 3 is 3.00 bits per heavy atom. The fourth-order valence-corrected chi connectivity index (χ4v) is 1.95. The lowest BCUT2D eigenvalue weighted by Crippen LogP contribution is -2.02. The number of nitro benzene ring substituents is 1. The number of nitrogens with zero attached hydrogens (tertiary/aromatic N) is 2. The van der Waals surface area contributed by atoms with E-state index in [0.29, 0.717) is 24.8 Å². The van der Waals surface area contributed by atoms with Crippen LogP contribution < -0.4 is 4.74 Å². The molecule has 1 aliphatic rings. The second-order valence-corrected chi connectivity index (χ2v) is 4.37. The van der Waals surface area contributed by atoms with Crippen molar-refractivity contribution in [2.24, 2.45) is 4.99 Å². The first-order valence-corrected chi connectivity index (χ1v) is 6.25. The molecular weight excluding hydrogens is 256 g/mol. The first kappa shape index (κ1) is 12.8. The summed E-state index contributed by atoms with van der Waals surface area (Å²) in [5.74, 6) is 0.891. The van der Waals surface area contributed by atoms with Crippen molar-refractivity contribution in [1.29, 1.82) is 0 Å². The van der Waals surface area contributed by atoms with Crippen molar-refractivity contribution in [3.05, 3.63) is 33.4 Å². The van der Waals surface area contributed by atoms with Crippen LogP contribution >= 0.6 is 11.6 Å². The highest BCUT2D eigenvalue weighted by Crippen LogP contribution is 2.32. The third-order valence-corrected chi connectivity index (χ3v) is 2.96. The minimum absolute atomic E-state index is 0.00651. The Morgan fingerprint density at radius 1 is 1.44 bits per heavy atom. The number of fused-ring (bicyclic) bond motifs is 1. The highest BCUT2D eigenvalue weighted by Gasteiger charge is 2.20. The summed E-state index contributed by atoms with van der Waals surface area (Å²) in [7, 11) is 0. The van der Waals surface area contributed by atoms with Crippen molar-refractivity contribution < 1.29 is 9.66 Å². The van der Waals surface area contributed by atoms with E-state index in [-0.39, 0.29) is 5.69 Å². The van der Waals surface area contributed by atoms with E-state index in [4.69, 9.17) is 16.3 Å². The second-order valence-electron chi connectivity index (χ2n) is 3.99. The molecule has 96 valence electrons. The molecule has 18 heavy (non-hydrogen) atoms. The Bertz CT molecular complexity index is 488. The van der Waals surface area contributed by atoms with Crippen molar-refractivity contribution in [3.63, 3.8) is 0 Å². The lowest BCUT2D eigenvalue weighted by atomic mass is 10.1. The van der Waals surface area contributed by atoms with Crippen LogP contribution in [0.3, 0.4) is 0 Å². The van der Waals surface area contributed by atoms with Crippen LogP contribution in [-0.2, 0) is 6.54 Å².